The van der Waals surface area contributed by atoms with E-state index >= 15 is 0 Å². The van der Waals surface area contributed by atoms with Crippen LogP contribution in [0.1, 0.15) is 76.0 Å². The van der Waals surface area contributed by atoms with Crippen LogP contribution in [-0.2, 0) is 21.1 Å². The van der Waals surface area contributed by atoms with Gasteiger partial charge in [-0.2, -0.15) is 6.07 Å². The van der Waals surface area contributed by atoms with Gasteiger partial charge in [-0.25, -0.2) is 4.98 Å². The average Bonchev–Trinajstić information content (AvgIpc) is 3.80. The first-order chi connectivity index (χ1) is 26.2. The van der Waals surface area contributed by atoms with Gasteiger partial charge >= 0.3 is 0 Å². The minimum atomic E-state index is 0. The number of nitrogens with zero attached hydrogens (tertiary/aromatic N) is 5. The van der Waals surface area contributed by atoms with E-state index in [1.54, 1.807) is 0 Å². The number of para-hydroxylation sites is 2. The molecule has 0 saturated heterocycles. The van der Waals surface area contributed by atoms with Gasteiger partial charge in [-0.1, -0.05) is 114 Å². The van der Waals surface area contributed by atoms with Gasteiger partial charge in [0, 0.05) is 55.8 Å². The van der Waals surface area contributed by atoms with Crippen LogP contribution in [0.2, 0.25) is 0 Å². The summed E-state index contributed by atoms with van der Waals surface area (Å²) in [4.78, 5) is 11.6. The number of aromatic nitrogens is 4. The molecule has 55 heavy (non-hydrogen) atoms. The SMILES string of the molecule is CC(C)c1cc(C(C)C)c(-c2cc(Oc3[c-]c4c(cc3)c3ccccc3n4-c3ccccn3)[c-]c(N3[CH-]n4ccnc4-c4ccccc43)c2)c(C(C)C)c1.[Pt]. The van der Waals surface area contributed by atoms with Crippen LogP contribution in [0.15, 0.2) is 122 Å². The van der Waals surface area contributed by atoms with Gasteiger partial charge in [-0.15, -0.1) is 41.3 Å². The molecule has 278 valence electrons. The van der Waals surface area contributed by atoms with Crippen molar-refractivity contribution in [2.75, 3.05) is 4.90 Å². The Morgan fingerprint density at radius 3 is 2.16 bits per heavy atom. The Kier molecular flexibility index (Phi) is 9.65. The molecule has 8 aromatic rings. The van der Waals surface area contributed by atoms with E-state index in [4.69, 9.17) is 9.72 Å². The number of benzene rings is 5. The van der Waals surface area contributed by atoms with Crippen LogP contribution in [0.5, 0.6) is 11.5 Å². The van der Waals surface area contributed by atoms with E-state index in [1.165, 1.54) is 22.3 Å². The van der Waals surface area contributed by atoms with Crippen molar-refractivity contribution in [2.45, 2.75) is 59.3 Å². The monoisotopic (exact) mass is 899 g/mol. The average molecular weight is 900 g/mol. The molecule has 1 aliphatic heterocycles. The van der Waals surface area contributed by atoms with Gasteiger partial charge in [0.05, 0.1) is 0 Å². The molecule has 9 rings (SSSR count). The van der Waals surface area contributed by atoms with E-state index in [0.29, 0.717) is 29.3 Å². The van der Waals surface area contributed by atoms with Gasteiger partial charge in [0.25, 0.3) is 0 Å². The van der Waals surface area contributed by atoms with Crippen molar-refractivity contribution in [3.05, 3.63) is 157 Å². The van der Waals surface area contributed by atoms with Crippen LogP contribution in [0.4, 0.5) is 11.4 Å². The minimum Gasteiger partial charge on any atom is -0.509 e. The van der Waals surface area contributed by atoms with Gasteiger partial charge in [0.1, 0.15) is 5.82 Å². The second kappa shape index (κ2) is 14.6. The number of imidazole rings is 1. The molecule has 0 fully saturated rings. The largest absolute Gasteiger partial charge is 0.509 e. The summed E-state index contributed by atoms with van der Waals surface area (Å²) in [7, 11) is 0. The summed E-state index contributed by atoms with van der Waals surface area (Å²) in [5.74, 6) is 4.00. The maximum absolute atomic E-state index is 6.87. The molecule has 0 unspecified atom stereocenters. The van der Waals surface area contributed by atoms with Crippen LogP contribution >= 0.6 is 0 Å². The molecule has 0 bridgehead atoms. The van der Waals surface area contributed by atoms with E-state index in [1.807, 2.05) is 42.9 Å². The summed E-state index contributed by atoms with van der Waals surface area (Å²) in [6, 6.07) is 43.5. The first-order valence-electron chi connectivity index (χ1n) is 18.8. The van der Waals surface area contributed by atoms with Gasteiger partial charge in [0.15, 0.2) is 0 Å². The van der Waals surface area contributed by atoms with E-state index < -0.39 is 0 Å². The summed E-state index contributed by atoms with van der Waals surface area (Å²) >= 11 is 0. The smallest absolute Gasteiger partial charge is 0.135 e. The zero-order chi connectivity index (χ0) is 37.1. The van der Waals surface area contributed by atoms with Crippen LogP contribution in [0.25, 0.3) is 50.1 Å². The van der Waals surface area contributed by atoms with E-state index in [-0.39, 0.29) is 21.1 Å². The predicted octanol–water partition coefficient (Wildman–Crippen LogP) is 12.6. The Bertz CT molecular complexity index is 2640. The summed E-state index contributed by atoms with van der Waals surface area (Å²) in [5, 5.41) is 2.23. The Hall–Kier alpha value is -5.58. The molecule has 7 heteroatoms. The fourth-order valence-corrected chi connectivity index (χ4v) is 7.79. The van der Waals surface area contributed by atoms with Crippen molar-refractivity contribution >= 4 is 33.2 Å². The third kappa shape index (κ3) is 6.43. The number of hydrogen-bond acceptors (Lipinski definition) is 4. The maximum atomic E-state index is 6.87. The fraction of sp³-hybridized carbons (Fsp3) is 0.188. The van der Waals surface area contributed by atoms with Crippen LogP contribution in [-0.4, -0.2) is 19.1 Å². The van der Waals surface area contributed by atoms with Crippen molar-refractivity contribution in [3.8, 4) is 39.8 Å². The normalized spacial score (nSPS) is 12.3. The standard InChI is InChI=1S/C48H42N5O.Pt/c1-30(2)33-25-41(31(3)4)47(42(26-33)32(5)6)34-23-35(52-29-51-22-21-50-48(51)40-14-8-9-15-43(40)52)27-37(24-34)54-36-18-19-39-38-13-7-10-16-44(38)53(45(39)28-36)46-17-11-12-20-49-46;/h7-26,29-32H,1-6H3;/q-3;. The molecule has 1 aliphatic rings. The zero-order valence-corrected chi connectivity index (χ0v) is 34.1. The molecule has 3 aromatic heterocycles. The zero-order valence-electron chi connectivity index (χ0n) is 31.8. The summed E-state index contributed by atoms with van der Waals surface area (Å²) in [6.07, 6.45) is 5.66. The van der Waals surface area contributed by atoms with Crippen molar-refractivity contribution in [1.29, 1.82) is 0 Å². The van der Waals surface area contributed by atoms with Crippen LogP contribution < -0.4 is 9.64 Å². The second-order valence-corrected chi connectivity index (χ2v) is 15.0. The van der Waals surface area contributed by atoms with E-state index in [0.717, 1.165) is 55.9 Å². The second-order valence-electron chi connectivity index (χ2n) is 15.0. The van der Waals surface area contributed by atoms with E-state index in [9.17, 15) is 0 Å². The van der Waals surface area contributed by atoms with Gasteiger partial charge in [0.2, 0.25) is 0 Å². The number of pyridine rings is 1. The summed E-state index contributed by atoms with van der Waals surface area (Å²) < 4.78 is 11.1. The van der Waals surface area contributed by atoms with Gasteiger partial charge in [-0.05, 0) is 88.1 Å². The van der Waals surface area contributed by atoms with Crippen molar-refractivity contribution in [2.24, 2.45) is 0 Å². The fourth-order valence-electron chi connectivity index (χ4n) is 7.79. The number of hydrogen-bond donors (Lipinski definition) is 0. The molecule has 0 radical (unpaired) electrons. The molecular weight excluding hydrogens is 858 g/mol. The molecule has 4 heterocycles. The molecule has 0 atom stereocenters. The molecule has 0 saturated carbocycles. The van der Waals surface area contributed by atoms with Crippen LogP contribution in [0, 0.1) is 18.8 Å². The third-order valence-corrected chi connectivity index (χ3v) is 10.5. The molecule has 0 spiro atoms. The predicted molar refractivity (Wildman–Crippen MR) is 220 cm³/mol. The number of anilines is 2. The number of ether oxygens (including phenoxy) is 1. The molecule has 6 nitrogen and oxygen atoms in total. The summed E-state index contributed by atoms with van der Waals surface area (Å²) in [5.41, 5.74) is 11.3. The molecule has 0 N–H and O–H groups in total. The van der Waals surface area contributed by atoms with Crippen molar-refractivity contribution in [3.63, 3.8) is 0 Å². The minimum absolute atomic E-state index is 0. The first-order valence-corrected chi connectivity index (χ1v) is 18.8. The van der Waals surface area contributed by atoms with Crippen molar-refractivity contribution < 1.29 is 25.8 Å². The number of fused-ring (bicyclic) bond motifs is 6. The van der Waals surface area contributed by atoms with Crippen molar-refractivity contribution in [1.82, 2.24) is 19.1 Å². The Labute approximate surface area is 337 Å². The Morgan fingerprint density at radius 2 is 1.42 bits per heavy atom. The van der Waals surface area contributed by atoms with Gasteiger partial charge in [-0.3, -0.25) is 0 Å². The molecule has 0 aliphatic carbocycles. The Balaban J connectivity index is 0.00000427. The van der Waals surface area contributed by atoms with Gasteiger partial charge < -0.3 is 23.8 Å². The van der Waals surface area contributed by atoms with E-state index in [2.05, 4.69) is 158 Å². The third-order valence-electron chi connectivity index (χ3n) is 10.5. The molecule has 0 amide bonds. The molecular formula is C48H42N5OPt-3. The number of rotatable bonds is 8. The summed E-state index contributed by atoms with van der Waals surface area (Å²) in [6.45, 7) is 15.8. The molecule has 5 aromatic carbocycles. The first kappa shape index (κ1) is 36.4. The topological polar surface area (TPSA) is 48.1 Å². The maximum Gasteiger partial charge on any atom is 0.135 e. The van der Waals surface area contributed by atoms with Crippen LogP contribution in [0.3, 0.4) is 0 Å². The quantitative estimate of drug-likeness (QED) is 0.143. The Morgan fingerprint density at radius 1 is 0.673 bits per heavy atom.